The summed E-state index contributed by atoms with van der Waals surface area (Å²) in [5.41, 5.74) is 0. The Morgan fingerprint density at radius 1 is 0.800 bits per heavy atom. The van der Waals surface area contributed by atoms with Gasteiger partial charge in [0.25, 0.3) is 0 Å². The van der Waals surface area contributed by atoms with Crippen molar-refractivity contribution < 1.29 is 0 Å². The third-order valence-corrected chi connectivity index (χ3v) is 6.04. The topological polar surface area (TPSA) is 0 Å². The molecule has 2 heteroatoms. The van der Waals surface area contributed by atoms with E-state index < -0.39 is 0 Å². The van der Waals surface area contributed by atoms with Gasteiger partial charge < -0.3 is 0 Å². The average Bonchev–Trinajstić information content (AvgIpc) is 3.00. The normalized spacial score (nSPS) is 11.9. The van der Waals surface area contributed by atoms with Crippen molar-refractivity contribution in [2.24, 2.45) is 0 Å². The summed E-state index contributed by atoms with van der Waals surface area (Å²) in [7, 11) is 0. The summed E-state index contributed by atoms with van der Waals surface area (Å²) in [6, 6.07) is 13.9. The molecule has 4 aromatic rings. The number of hydrogen-bond donors (Lipinski definition) is 0. The van der Waals surface area contributed by atoms with Gasteiger partial charge >= 0.3 is 0 Å². The highest BCUT2D eigenvalue weighted by atomic mass is 32.1. The molecule has 0 unspecified atom stereocenters. The van der Waals surface area contributed by atoms with Crippen molar-refractivity contribution >= 4 is 53.6 Å². The molecule has 20 heavy (non-hydrogen) atoms. The maximum atomic E-state index is 2.40. The SMILES string of the molecule is CCCc1cc2c(ccc3c4cc(C)sc4ccc23)s1. The molecule has 0 aliphatic rings. The van der Waals surface area contributed by atoms with Crippen LogP contribution in [0.1, 0.15) is 23.1 Å². The summed E-state index contributed by atoms with van der Waals surface area (Å²) in [5, 5.41) is 5.66. The molecule has 0 saturated carbocycles. The zero-order valence-corrected chi connectivity index (χ0v) is 13.3. The van der Waals surface area contributed by atoms with Crippen molar-refractivity contribution in [3.05, 3.63) is 46.2 Å². The number of aryl methyl sites for hydroxylation is 2. The molecule has 2 aromatic carbocycles. The van der Waals surface area contributed by atoms with Crippen molar-refractivity contribution in [1.82, 2.24) is 0 Å². The van der Waals surface area contributed by atoms with Crippen LogP contribution in [0.15, 0.2) is 36.4 Å². The molecule has 0 fully saturated rings. The number of rotatable bonds is 2. The van der Waals surface area contributed by atoms with Crippen LogP contribution in [0.2, 0.25) is 0 Å². The maximum Gasteiger partial charge on any atom is 0.0352 e. The molecular formula is C18H16S2. The highest BCUT2D eigenvalue weighted by Gasteiger charge is 2.09. The standard InChI is InChI=1S/C18H16S2/c1-3-4-12-10-16-14-5-7-17-15(9-11(2)19-17)13(14)6-8-18(16)20-12/h5-10H,3-4H2,1-2H3. The van der Waals surface area contributed by atoms with Gasteiger partial charge in [-0.3, -0.25) is 0 Å². The van der Waals surface area contributed by atoms with Crippen molar-refractivity contribution in [3.8, 4) is 0 Å². The van der Waals surface area contributed by atoms with Gasteiger partial charge in [-0.05, 0) is 48.4 Å². The number of thiophene rings is 2. The summed E-state index contributed by atoms with van der Waals surface area (Å²) >= 11 is 3.84. The lowest BCUT2D eigenvalue weighted by Crippen LogP contribution is -1.75. The second-order valence-corrected chi connectivity index (χ2v) is 7.83. The second-order valence-electron chi connectivity index (χ2n) is 5.37. The molecule has 100 valence electrons. The Labute approximate surface area is 126 Å². The van der Waals surface area contributed by atoms with E-state index in [2.05, 4.69) is 50.2 Å². The van der Waals surface area contributed by atoms with E-state index in [0.717, 1.165) is 0 Å². The van der Waals surface area contributed by atoms with E-state index in [1.165, 1.54) is 53.5 Å². The van der Waals surface area contributed by atoms with Gasteiger partial charge in [-0.2, -0.15) is 0 Å². The van der Waals surface area contributed by atoms with Gasteiger partial charge in [0.05, 0.1) is 0 Å². The fourth-order valence-electron chi connectivity index (χ4n) is 3.00. The van der Waals surface area contributed by atoms with Crippen molar-refractivity contribution in [2.75, 3.05) is 0 Å². The molecule has 2 aromatic heterocycles. The van der Waals surface area contributed by atoms with Crippen LogP contribution in [0.25, 0.3) is 30.9 Å². The Balaban J connectivity index is 2.10. The lowest BCUT2D eigenvalue weighted by Gasteiger charge is -2.01. The summed E-state index contributed by atoms with van der Waals surface area (Å²) in [6.45, 7) is 4.44. The van der Waals surface area contributed by atoms with E-state index in [1.807, 2.05) is 22.7 Å². The monoisotopic (exact) mass is 296 g/mol. The zero-order valence-electron chi connectivity index (χ0n) is 11.7. The first kappa shape index (κ1) is 12.4. The van der Waals surface area contributed by atoms with Crippen LogP contribution in [0.5, 0.6) is 0 Å². The molecule has 0 saturated heterocycles. The molecule has 4 rings (SSSR count). The van der Waals surface area contributed by atoms with E-state index in [4.69, 9.17) is 0 Å². The molecule has 2 heterocycles. The van der Waals surface area contributed by atoms with Gasteiger partial charge in [0, 0.05) is 29.9 Å². The first-order valence-electron chi connectivity index (χ1n) is 7.10. The average molecular weight is 296 g/mol. The quantitative estimate of drug-likeness (QED) is 0.394. The molecule has 0 spiro atoms. The largest absolute Gasteiger partial charge is 0.141 e. The Morgan fingerprint density at radius 3 is 2.15 bits per heavy atom. The third kappa shape index (κ3) is 1.79. The zero-order chi connectivity index (χ0) is 13.7. The first-order chi connectivity index (χ1) is 9.76. The predicted molar refractivity (Wildman–Crippen MR) is 93.4 cm³/mol. The minimum absolute atomic E-state index is 1.20. The Bertz CT molecular complexity index is 925. The van der Waals surface area contributed by atoms with Crippen molar-refractivity contribution in [3.63, 3.8) is 0 Å². The maximum absolute atomic E-state index is 2.40. The number of benzene rings is 2. The minimum atomic E-state index is 1.20. The summed E-state index contributed by atoms with van der Waals surface area (Å²) in [4.78, 5) is 2.90. The lowest BCUT2D eigenvalue weighted by molar-refractivity contribution is 0.941. The predicted octanol–water partition coefficient (Wildman–Crippen LogP) is 6.53. The molecule has 0 nitrogen and oxygen atoms in total. The van der Waals surface area contributed by atoms with E-state index in [9.17, 15) is 0 Å². The molecule has 0 N–H and O–H groups in total. The Morgan fingerprint density at radius 2 is 1.45 bits per heavy atom. The summed E-state index contributed by atoms with van der Waals surface area (Å²) in [5.74, 6) is 0. The summed E-state index contributed by atoms with van der Waals surface area (Å²) in [6.07, 6.45) is 2.42. The van der Waals surface area contributed by atoms with Gasteiger partial charge in [0.2, 0.25) is 0 Å². The van der Waals surface area contributed by atoms with E-state index >= 15 is 0 Å². The van der Waals surface area contributed by atoms with Gasteiger partial charge in [-0.15, -0.1) is 22.7 Å². The van der Waals surface area contributed by atoms with Gasteiger partial charge in [-0.1, -0.05) is 25.5 Å². The van der Waals surface area contributed by atoms with Crippen LogP contribution in [0.3, 0.4) is 0 Å². The first-order valence-corrected chi connectivity index (χ1v) is 8.74. The Hall–Kier alpha value is -1.38. The van der Waals surface area contributed by atoms with Gasteiger partial charge in [0.1, 0.15) is 0 Å². The van der Waals surface area contributed by atoms with E-state index in [-0.39, 0.29) is 0 Å². The fraction of sp³-hybridized carbons (Fsp3) is 0.222. The highest BCUT2D eigenvalue weighted by molar-refractivity contribution is 7.19. The molecule has 0 aliphatic carbocycles. The van der Waals surface area contributed by atoms with Crippen molar-refractivity contribution in [2.45, 2.75) is 26.7 Å². The number of hydrogen-bond acceptors (Lipinski definition) is 2. The van der Waals surface area contributed by atoms with Gasteiger partial charge in [0.15, 0.2) is 0 Å². The Kier molecular flexibility index (Phi) is 2.83. The van der Waals surface area contributed by atoms with E-state index in [0.29, 0.717) is 0 Å². The van der Waals surface area contributed by atoms with Crippen LogP contribution < -0.4 is 0 Å². The van der Waals surface area contributed by atoms with Crippen LogP contribution in [0, 0.1) is 6.92 Å². The van der Waals surface area contributed by atoms with Gasteiger partial charge in [-0.25, -0.2) is 0 Å². The second kappa shape index (κ2) is 4.57. The van der Waals surface area contributed by atoms with Crippen LogP contribution in [0.4, 0.5) is 0 Å². The molecular weight excluding hydrogens is 280 g/mol. The minimum Gasteiger partial charge on any atom is -0.141 e. The molecule has 0 amide bonds. The molecule has 0 atom stereocenters. The van der Waals surface area contributed by atoms with E-state index in [1.54, 1.807) is 0 Å². The third-order valence-electron chi connectivity index (χ3n) is 3.87. The van der Waals surface area contributed by atoms with Crippen LogP contribution >= 0.6 is 22.7 Å². The van der Waals surface area contributed by atoms with Crippen LogP contribution in [-0.2, 0) is 6.42 Å². The van der Waals surface area contributed by atoms with Crippen molar-refractivity contribution in [1.29, 1.82) is 0 Å². The fourth-order valence-corrected chi connectivity index (χ4v) is 5.11. The smallest absolute Gasteiger partial charge is 0.0352 e. The molecule has 0 aliphatic heterocycles. The molecule has 0 bridgehead atoms. The lowest BCUT2D eigenvalue weighted by atomic mass is 10.0. The van der Waals surface area contributed by atoms with Crippen LogP contribution in [-0.4, -0.2) is 0 Å². The highest BCUT2D eigenvalue weighted by Crippen LogP contribution is 2.37. The summed E-state index contributed by atoms with van der Waals surface area (Å²) < 4.78 is 2.82. The number of fused-ring (bicyclic) bond motifs is 5. The molecule has 0 radical (unpaired) electrons.